The van der Waals surface area contributed by atoms with Crippen LogP contribution in [0.3, 0.4) is 0 Å². The number of hydrogen-bond acceptors (Lipinski definition) is 10. The Kier molecular flexibility index (Phi) is 5.55. The molecule has 3 saturated carbocycles. The van der Waals surface area contributed by atoms with Crippen molar-refractivity contribution in [2.24, 2.45) is 16.7 Å². The highest BCUT2D eigenvalue weighted by molar-refractivity contribution is 5.90. The Morgan fingerprint density at radius 2 is 1.74 bits per heavy atom. The third-order valence-corrected chi connectivity index (χ3v) is 8.79. The number of ether oxygens (including phenoxy) is 3. The fraction of sp³-hybridized carbons (Fsp3) is 0.667. The van der Waals surface area contributed by atoms with Crippen LogP contribution in [0.2, 0.25) is 0 Å². The minimum Gasteiger partial charge on any atom is -0.461 e. The van der Waals surface area contributed by atoms with Crippen molar-refractivity contribution in [3.8, 4) is 0 Å². The van der Waals surface area contributed by atoms with Crippen LogP contribution in [0.1, 0.15) is 36.5 Å². The summed E-state index contributed by atoms with van der Waals surface area (Å²) in [4.78, 5) is 26.0. The Hall–Kier alpha value is -2.08. The Morgan fingerprint density at radius 1 is 1.06 bits per heavy atom. The number of rotatable bonds is 6. The molecule has 5 N–H and O–H groups in total. The van der Waals surface area contributed by atoms with Gasteiger partial charge in [-0.25, -0.2) is 4.79 Å². The summed E-state index contributed by atoms with van der Waals surface area (Å²) in [5.41, 5.74) is -3.09. The molecule has 10 atom stereocenters. The highest BCUT2D eigenvalue weighted by Crippen LogP contribution is 2.78. The van der Waals surface area contributed by atoms with E-state index >= 15 is 0 Å². The molecule has 34 heavy (non-hydrogen) atoms. The second-order valence-electron chi connectivity index (χ2n) is 10.3. The number of aliphatic hydroxyl groups excluding tert-OH is 5. The molecular weight excluding hydrogens is 448 g/mol. The second-order valence-corrected chi connectivity index (χ2v) is 10.3. The molecular formula is C24H30O10. The van der Waals surface area contributed by atoms with E-state index in [0.29, 0.717) is 12.0 Å². The standard InChI is InChI=1S/C24H30O10/c1-22-8-14(26)13-7-23(22,9-15-17(27)19(29)18(28)16(10-25)33-15)24(13,21(31)34-22)11-32-20(30)12-5-3-2-4-6-12/h2-6,13-19,25-29H,7-11H2,1H3/t13-,14+,15?,16?,17?,18?,19?,22-,23+,24?/m0/s1. The predicted octanol–water partition coefficient (Wildman–Crippen LogP) is -0.851. The number of hydrogen-bond donors (Lipinski definition) is 5. The first-order valence-electron chi connectivity index (χ1n) is 11.5. The fourth-order valence-electron chi connectivity index (χ4n) is 6.94. The molecule has 186 valence electrons. The van der Waals surface area contributed by atoms with E-state index < -0.39 is 77.5 Å². The van der Waals surface area contributed by atoms with Gasteiger partial charge < -0.3 is 39.7 Å². The lowest BCUT2D eigenvalue weighted by molar-refractivity contribution is -0.290. The molecule has 2 saturated heterocycles. The van der Waals surface area contributed by atoms with Crippen LogP contribution in [-0.4, -0.2) is 92.9 Å². The largest absolute Gasteiger partial charge is 0.461 e. The van der Waals surface area contributed by atoms with Gasteiger partial charge in [0.2, 0.25) is 0 Å². The van der Waals surface area contributed by atoms with E-state index in [4.69, 9.17) is 14.2 Å². The highest BCUT2D eigenvalue weighted by atomic mass is 16.6. The monoisotopic (exact) mass is 478 g/mol. The molecule has 0 spiro atoms. The molecule has 0 amide bonds. The molecule has 6 unspecified atom stereocenters. The lowest BCUT2D eigenvalue weighted by Gasteiger charge is -2.67. The molecule has 10 heteroatoms. The summed E-state index contributed by atoms with van der Waals surface area (Å²) in [6, 6.07) is 8.34. The number of fused-ring (bicyclic) bond motifs is 1. The van der Waals surface area contributed by atoms with E-state index in [1.54, 1.807) is 37.3 Å². The molecule has 10 nitrogen and oxygen atoms in total. The normalized spacial score (nSPS) is 47.0. The van der Waals surface area contributed by atoms with Gasteiger partial charge in [0.15, 0.2) is 0 Å². The maximum atomic E-state index is 13.3. The van der Waals surface area contributed by atoms with Crippen molar-refractivity contribution in [1.82, 2.24) is 0 Å². The van der Waals surface area contributed by atoms with Crippen LogP contribution in [0.5, 0.6) is 0 Å². The zero-order chi connectivity index (χ0) is 24.5. The molecule has 4 bridgehead atoms. The van der Waals surface area contributed by atoms with Crippen LogP contribution < -0.4 is 0 Å². The smallest absolute Gasteiger partial charge is 0.338 e. The molecule has 1 aromatic carbocycles. The molecule has 2 aliphatic heterocycles. The predicted molar refractivity (Wildman–Crippen MR) is 113 cm³/mol. The second kappa shape index (κ2) is 7.97. The maximum Gasteiger partial charge on any atom is 0.338 e. The quantitative estimate of drug-likeness (QED) is 0.325. The SMILES string of the molecule is C[C@]12C[C@@H](O)[C@@H]3C[C@]1(CC1OC(CO)C(O)C(O)C1O)C3(COC(=O)c1ccccc1)C(=O)O2. The van der Waals surface area contributed by atoms with Gasteiger partial charge in [0, 0.05) is 17.8 Å². The molecule has 2 heterocycles. The van der Waals surface area contributed by atoms with Crippen LogP contribution in [0.15, 0.2) is 30.3 Å². The summed E-state index contributed by atoms with van der Waals surface area (Å²) in [5, 5.41) is 51.4. The van der Waals surface area contributed by atoms with Crippen molar-refractivity contribution in [2.75, 3.05) is 13.2 Å². The van der Waals surface area contributed by atoms with Crippen molar-refractivity contribution < 1.29 is 49.3 Å². The van der Waals surface area contributed by atoms with Crippen LogP contribution in [-0.2, 0) is 19.0 Å². The van der Waals surface area contributed by atoms with Gasteiger partial charge in [-0.3, -0.25) is 4.79 Å². The minimum atomic E-state index is -1.55. The van der Waals surface area contributed by atoms with Crippen LogP contribution in [0, 0.1) is 16.7 Å². The first-order chi connectivity index (χ1) is 16.1. The zero-order valence-corrected chi connectivity index (χ0v) is 18.7. The van der Waals surface area contributed by atoms with Crippen molar-refractivity contribution >= 4 is 11.9 Å². The summed E-state index contributed by atoms with van der Waals surface area (Å²) < 4.78 is 17.2. The fourth-order valence-corrected chi connectivity index (χ4v) is 6.94. The summed E-state index contributed by atoms with van der Waals surface area (Å²) in [6.45, 7) is 0.838. The Labute approximate surface area is 196 Å². The molecule has 0 radical (unpaired) electrons. The molecule has 1 aromatic rings. The lowest BCUT2D eigenvalue weighted by atomic mass is 9.34. The summed E-state index contributed by atoms with van der Waals surface area (Å²) in [5.74, 6) is -1.70. The van der Waals surface area contributed by atoms with Crippen LogP contribution in [0.4, 0.5) is 0 Å². The van der Waals surface area contributed by atoms with Gasteiger partial charge in [-0.2, -0.15) is 0 Å². The molecule has 5 fully saturated rings. The van der Waals surface area contributed by atoms with Gasteiger partial charge in [-0.15, -0.1) is 0 Å². The molecule has 0 aromatic heterocycles. The van der Waals surface area contributed by atoms with Gasteiger partial charge in [-0.1, -0.05) is 18.2 Å². The van der Waals surface area contributed by atoms with Crippen molar-refractivity contribution in [3.05, 3.63) is 35.9 Å². The van der Waals surface area contributed by atoms with E-state index in [1.807, 2.05) is 0 Å². The van der Waals surface area contributed by atoms with E-state index in [9.17, 15) is 35.1 Å². The third kappa shape index (κ3) is 2.96. The topological polar surface area (TPSA) is 163 Å². The summed E-state index contributed by atoms with van der Waals surface area (Å²) in [6.07, 6.45) is -6.88. The number of esters is 2. The van der Waals surface area contributed by atoms with Crippen molar-refractivity contribution in [2.45, 2.75) is 68.4 Å². The van der Waals surface area contributed by atoms with E-state index in [-0.39, 0.29) is 19.4 Å². The number of carbonyl (C=O) groups excluding carboxylic acids is 2. The number of aliphatic hydroxyl groups is 5. The molecule has 3 aliphatic carbocycles. The number of benzene rings is 1. The van der Waals surface area contributed by atoms with Gasteiger partial charge in [-0.05, 0) is 31.9 Å². The maximum absolute atomic E-state index is 13.3. The average molecular weight is 478 g/mol. The highest BCUT2D eigenvalue weighted by Gasteiger charge is 2.86. The first-order valence-corrected chi connectivity index (χ1v) is 11.5. The number of carbonyl (C=O) groups is 2. The summed E-state index contributed by atoms with van der Waals surface area (Å²) in [7, 11) is 0. The van der Waals surface area contributed by atoms with Gasteiger partial charge >= 0.3 is 11.9 Å². The zero-order valence-electron chi connectivity index (χ0n) is 18.7. The Bertz CT molecular complexity index is 968. The molecule has 6 rings (SSSR count). The third-order valence-electron chi connectivity index (χ3n) is 8.79. The Balaban J connectivity index is 1.46. The van der Waals surface area contributed by atoms with Crippen LogP contribution >= 0.6 is 0 Å². The van der Waals surface area contributed by atoms with E-state index in [2.05, 4.69) is 0 Å². The van der Waals surface area contributed by atoms with E-state index in [1.165, 1.54) is 0 Å². The minimum absolute atomic E-state index is 0.0444. The van der Waals surface area contributed by atoms with Gasteiger partial charge in [0.1, 0.15) is 42.0 Å². The first kappa shape index (κ1) is 23.7. The van der Waals surface area contributed by atoms with Crippen LogP contribution in [0.25, 0.3) is 0 Å². The molecule has 5 aliphatic rings. The van der Waals surface area contributed by atoms with Gasteiger partial charge in [0.25, 0.3) is 0 Å². The van der Waals surface area contributed by atoms with Crippen molar-refractivity contribution in [1.29, 1.82) is 0 Å². The van der Waals surface area contributed by atoms with Gasteiger partial charge in [0.05, 0.1) is 24.4 Å². The lowest BCUT2D eigenvalue weighted by Crippen LogP contribution is -2.75. The van der Waals surface area contributed by atoms with Crippen molar-refractivity contribution in [3.63, 3.8) is 0 Å². The Morgan fingerprint density at radius 3 is 2.41 bits per heavy atom. The van der Waals surface area contributed by atoms with E-state index in [0.717, 1.165) is 0 Å². The summed E-state index contributed by atoms with van der Waals surface area (Å²) >= 11 is 0. The average Bonchev–Trinajstić information content (AvgIpc) is 2.88.